The molecule has 1 aliphatic heterocycles. The average Bonchev–Trinajstić information content (AvgIpc) is 3.58. The Morgan fingerprint density at radius 3 is 1.39 bits per heavy atom. The lowest BCUT2D eigenvalue weighted by Gasteiger charge is -2.39. The SMILES string of the molecule is c1ccc(-c2cccc(-c3nc(-c4ccccc4)nc(-c4cccc(-c5cccc6c5-c5ccccc5C65c6ccccc6Oc6ccccc65)c4)n3)c2)cc1. The van der Waals surface area contributed by atoms with Gasteiger partial charge in [0.15, 0.2) is 17.5 Å². The normalized spacial score (nSPS) is 12.9. The van der Waals surface area contributed by atoms with Crippen molar-refractivity contribution >= 4 is 0 Å². The minimum atomic E-state index is -0.535. The quantitative estimate of drug-likeness (QED) is 0.178. The molecular formula is C52H33N3O. The molecule has 9 aromatic rings. The summed E-state index contributed by atoms with van der Waals surface area (Å²) in [4.78, 5) is 15.3. The zero-order chi connectivity index (χ0) is 37.1. The number of hydrogen-bond acceptors (Lipinski definition) is 4. The molecule has 0 bridgehead atoms. The van der Waals surface area contributed by atoms with Gasteiger partial charge in [0.2, 0.25) is 0 Å². The highest BCUT2D eigenvalue weighted by atomic mass is 16.5. The van der Waals surface area contributed by atoms with Crippen LogP contribution >= 0.6 is 0 Å². The van der Waals surface area contributed by atoms with Gasteiger partial charge in [-0.1, -0.05) is 176 Å². The summed E-state index contributed by atoms with van der Waals surface area (Å²) >= 11 is 0. The molecule has 0 N–H and O–H groups in total. The summed E-state index contributed by atoms with van der Waals surface area (Å²) in [6, 6.07) is 70.2. The number of aromatic nitrogens is 3. The minimum Gasteiger partial charge on any atom is -0.457 e. The predicted molar refractivity (Wildman–Crippen MR) is 224 cm³/mol. The summed E-state index contributed by atoms with van der Waals surface area (Å²) < 4.78 is 6.57. The van der Waals surface area contributed by atoms with Crippen LogP contribution in [-0.4, -0.2) is 15.0 Å². The van der Waals surface area contributed by atoms with Crippen LogP contribution in [0.4, 0.5) is 0 Å². The number of ether oxygens (including phenoxy) is 1. The van der Waals surface area contributed by atoms with E-state index < -0.39 is 5.41 Å². The topological polar surface area (TPSA) is 47.9 Å². The van der Waals surface area contributed by atoms with E-state index in [1.807, 2.05) is 36.4 Å². The summed E-state index contributed by atoms with van der Waals surface area (Å²) in [5, 5.41) is 0. The van der Waals surface area contributed by atoms with Crippen molar-refractivity contribution in [2.24, 2.45) is 0 Å². The van der Waals surface area contributed by atoms with Crippen LogP contribution in [0, 0.1) is 0 Å². The van der Waals surface area contributed by atoms with E-state index >= 15 is 0 Å². The van der Waals surface area contributed by atoms with Crippen molar-refractivity contribution in [2.75, 3.05) is 0 Å². The van der Waals surface area contributed by atoms with Crippen molar-refractivity contribution in [1.82, 2.24) is 15.0 Å². The van der Waals surface area contributed by atoms with Gasteiger partial charge >= 0.3 is 0 Å². The fourth-order valence-electron chi connectivity index (χ4n) is 8.79. The van der Waals surface area contributed by atoms with Crippen LogP contribution in [0.25, 0.3) is 67.5 Å². The second-order valence-electron chi connectivity index (χ2n) is 14.3. The van der Waals surface area contributed by atoms with Crippen molar-refractivity contribution in [3.63, 3.8) is 0 Å². The van der Waals surface area contributed by atoms with Crippen LogP contribution in [0.5, 0.6) is 11.5 Å². The molecule has 1 aromatic heterocycles. The van der Waals surface area contributed by atoms with Crippen molar-refractivity contribution < 1.29 is 4.74 Å². The lowest BCUT2D eigenvalue weighted by atomic mass is 9.66. The zero-order valence-electron chi connectivity index (χ0n) is 30.3. The smallest absolute Gasteiger partial charge is 0.164 e. The van der Waals surface area contributed by atoms with Gasteiger partial charge in [0.25, 0.3) is 0 Å². The molecule has 1 spiro atoms. The fourth-order valence-corrected chi connectivity index (χ4v) is 8.79. The van der Waals surface area contributed by atoms with Gasteiger partial charge in [-0.25, -0.2) is 15.0 Å². The van der Waals surface area contributed by atoms with E-state index in [2.05, 4.69) is 164 Å². The second kappa shape index (κ2) is 12.9. The van der Waals surface area contributed by atoms with E-state index in [-0.39, 0.29) is 0 Å². The largest absolute Gasteiger partial charge is 0.457 e. The first-order valence-electron chi connectivity index (χ1n) is 18.9. The first-order valence-corrected chi connectivity index (χ1v) is 18.9. The monoisotopic (exact) mass is 715 g/mol. The number of hydrogen-bond donors (Lipinski definition) is 0. The molecule has 56 heavy (non-hydrogen) atoms. The Morgan fingerprint density at radius 2 is 0.732 bits per heavy atom. The van der Waals surface area contributed by atoms with Gasteiger partial charge in [0.05, 0.1) is 5.41 Å². The van der Waals surface area contributed by atoms with Crippen LogP contribution < -0.4 is 4.74 Å². The number of nitrogens with zero attached hydrogens (tertiary/aromatic N) is 3. The Morgan fingerprint density at radius 1 is 0.304 bits per heavy atom. The van der Waals surface area contributed by atoms with Crippen LogP contribution in [-0.2, 0) is 5.41 Å². The second-order valence-corrected chi connectivity index (χ2v) is 14.3. The highest BCUT2D eigenvalue weighted by Gasteiger charge is 2.51. The first-order chi connectivity index (χ1) is 27.8. The van der Waals surface area contributed by atoms with Crippen LogP contribution in [0.3, 0.4) is 0 Å². The standard InChI is InChI=1S/C52H33N3O/c1-3-16-34(17-4-1)36-20-13-22-38(32-36)50-53-49(35-18-5-2-6-19-35)54-51(55-50)39-23-14-21-37(33-39)40-25-15-29-45-48(40)41-24-7-8-26-42(41)52(45)43-27-9-11-30-46(43)56-47-31-12-10-28-44(47)52/h1-33H. The zero-order valence-corrected chi connectivity index (χ0v) is 30.3. The maximum atomic E-state index is 6.57. The van der Waals surface area contributed by atoms with Gasteiger partial charge in [0, 0.05) is 27.8 Å². The maximum Gasteiger partial charge on any atom is 0.164 e. The van der Waals surface area contributed by atoms with E-state index in [9.17, 15) is 0 Å². The van der Waals surface area contributed by atoms with Gasteiger partial charge in [-0.05, 0) is 68.8 Å². The van der Waals surface area contributed by atoms with Crippen molar-refractivity contribution in [3.8, 4) is 79.0 Å². The van der Waals surface area contributed by atoms with Crippen molar-refractivity contribution in [1.29, 1.82) is 0 Å². The Hall–Kier alpha value is -7.43. The van der Waals surface area contributed by atoms with E-state index in [0.717, 1.165) is 61.6 Å². The van der Waals surface area contributed by atoms with E-state index in [4.69, 9.17) is 19.7 Å². The Bertz CT molecular complexity index is 2910. The lowest BCUT2D eigenvalue weighted by Crippen LogP contribution is -2.32. The molecule has 8 aromatic carbocycles. The molecule has 0 amide bonds. The first kappa shape index (κ1) is 32.0. The lowest BCUT2D eigenvalue weighted by molar-refractivity contribution is 0.436. The molecule has 0 saturated heterocycles. The molecule has 0 unspecified atom stereocenters. The number of fused-ring (bicyclic) bond motifs is 9. The summed E-state index contributed by atoms with van der Waals surface area (Å²) in [5.41, 5.74) is 14.0. The molecule has 2 aliphatic rings. The molecule has 4 nitrogen and oxygen atoms in total. The van der Waals surface area contributed by atoms with E-state index in [0.29, 0.717) is 17.5 Å². The molecule has 0 atom stereocenters. The maximum absolute atomic E-state index is 6.57. The summed E-state index contributed by atoms with van der Waals surface area (Å²) in [6.07, 6.45) is 0. The van der Waals surface area contributed by atoms with Gasteiger partial charge < -0.3 is 4.74 Å². The summed E-state index contributed by atoms with van der Waals surface area (Å²) in [7, 11) is 0. The number of para-hydroxylation sites is 2. The third-order valence-electron chi connectivity index (χ3n) is 11.2. The average molecular weight is 716 g/mol. The molecule has 0 saturated carbocycles. The third kappa shape index (κ3) is 4.96. The summed E-state index contributed by atoms with van der Waals surface area (Å²) in [6.45, 7) is 0. The molecule has 0 radical (unpaired) electrons. The van der Waals surface area contributed by atoms with Gasteiger partial charge in [0.1, 0.15) is 11.5 Å². The molecule has 0 fully saturated rings. The van der Waals surface area contributed by atoms with E-state index in [1.54, 1.807) is 0 Å². The van der Waals surface area contributed by atoms with Gasteiger partial charge in [-0.15, -0.1) is 0 Å². The van der Waals surface area contributed by atoms with Crippen LogP contribution in [0.2, 0.25) is 0 Å². The Kier molecular flexibility index (Phi) is 7.36. The van der Waals surface area contributed by atoms with Crippen molar-refractivity contribution in [2.45, 2.75) is 5.41 Å². The molecule has 1 aliphatic carbocycles. The molecular weight excluding hydrogens is 683 g/mol. The molecule has 4 heteroatoms. The van der Waals surface area contributed by atoms with Crippen molar-refractivity contribution in [3.05, 3.63) is 222 Å². The van der Waals surface area contributed by atoms with Gasteiger partial charge in [-0.2, -0.15) is 0 Å². The third-order valence-corrected chi connectivity index (χ3v) is 11.2. The minimum absolute atomic E-state index is 0.535. The molecule has 262 valence electrons. The number of rotatable bonds is 5. The molecule has 2 heterocycles. The van der Waals surface area contributed by atoms with Crippen LogP contribution in [0.1, 0.15) is 22.3 Å². The highest BCUT2D eigenvalue weighted by Crippen LogP contribution is 2.63. The Labute approximate surface area is 325 Å². The number of benzene rings is 8. The highest BCUT2D eigenvalue weighted by molar-refractivity contribution is 5.97. The fraction of sp³-hybridized carbons (Fsp3) is 0.0192. The van der Waals surface area contributed by atoms with E-state index in [1.165, 1.54) is 22.3 Å². The summed E-state index contributed by atoms with van der Waals surface area (Å²) in [5.74, 6) is 3.66. The predicted octanol–water partition coefficient (Wildman–Crippen LogP) is 12.7. The van der Waals surface area contributed by atoms with Gasteiger partial charge in [-0.3, -0.25) is 0 Å². The van der Waals surface area contributed by atoms with Crippen LogP contribution in [0.15, 0.2) is 200 Å². The Balaban J connectivity index is 1.10. The molecule has 11 rings (SSSR count).